The summed E-state index contributed by atoms with van der Waals surface area (Å²) in [4.78, 5) is 28.5. The molecule has 4 rings (SSSR count). The lowest BCUT2D eigenvalue weighted by atomic mass is 9.97. The Kier molecular flexibility index (Phi) is 18.0. The van der Waals surface area contributed by atoms with E-state index in [2.05, 4.69) is 45.2 Å². The molecule has 0 amide bonds. The van der Waals surface area contributed by atoms with E-state index in [-0.39, 0.29) is 24.5 Å². The van der Waals surface area contributed by atoms with E-state index in [4.69, 9.17) is 0 Å². The number of imidazole rings is 1. The number of carbonyl (C=O) groups is 1. The highest BCUT2D eigenvalue weighted by molar-refractivity contribution is 6.00. The molecular formula is C38H53F2N5O. The molecule has 46 heavy (non-hydrogen) atoms. The van der Waals surface area contributed by atoms with Gasteiger partial charge in [-0.2, -0.15) is 0 Å². The van der Waals surface area contributed by atoms with Gasteiger partial charge in [-0.15, -0.1) is 0 Å². The summed E-state index contributed by atoms with van der Waals surface area (Å²) in [5, 5.41) is 3.34. The molecule has 6 nitrogen and oxygen atoms in total. The number of Topliss-reactive ketones (excluding diaryl/α,β-unsaturated/α-hetero) is 1. The average Bonchev–Trinajstić information content (AvgIpc) is 3.62. The lowest BCUT2D eigenvalue weighted by Gasteiger charge is -2.10. The Morgan fingerprint density at radius 2 is 1.57 bits per heavy atom. The molecule has 0 aliphatic carbocycles. The standard InChI is InChI=1S/C27H27N5O.C5H10F2.C4H10.C2H6/c1-17(2)26(33)19(4)14-21-5-6-22(13-18(21)3)27-29-12-11-25(32-27)31-23-9-7-20(8-10-23)24-15-28-16-30-24;1-3-5(6,7)4-2;1-3-4-2;1-2/h5-17H,1-4H3,(H,28,30)(H,29,31,32);3-4H2,1-2H3;3-4H2,1-2H3;1-2H3/b19-14+;;;. The van der Waals surface area contributed by atoms with E-state index >= 15 is 0 Å². The number of halogens is 2. The molecule has 2 N–H and O–H groups in total. The number of anilines is 2. The van der Waals surface area contributed by atoms with E-state index in [0.717, 1.165) is 39.2 Å². The number of ketones is 1. The minimum atomic E-state index is -2.42. The van der Waals surface area contributed by atoms with Crippen LogP contribution in [0.5, 0.6) is 0 Å². The van der Waals surface area contributed by atoms with Gasteiger partial charge in [-0.3, -0.25) is 4.79 Å². The zero-order chi connectivity index (χ0) is 34.7. The molecule has 8 heteroatoms. The third kappa shape index (κ3) is 13.4. The van der Waals surface area contributed by atoms with Crippen molar-refractivity contribution in [1.82, 2.24) is 19.9 Å². The summed E-state index contributed by atoms with van der Waals surface area (Å²) in [5.41, 5.74) is 6.76. The van der Waals surface area contributed by atoms with Gasteiger partial charge in [0.2, 0.25) is 5.92 Å². The minimum absolute atomic E-state index is 0.00819. The van der Waals surface area contributed by atoms with Crippen LogP contribution in [-0.2, 0) is 4.79 Å². The van der Waals surface area contributed by atoms with Gasteiger partial charge in [-0.25, -0.2) is 23.7 Å². The van der Waals surface area contributed by atoms with E-state index in [1.807, 2.05) is 90.1 Å². The van der Waals surface area contributed by atoms with E-state index < -0.39 is 5.92 Å². The van der Waals surface area contributed by atoms with Crippen molar-refractivity contribution in [1.29, 1.82) is 0 Å². The van der Waals surface area contributed by atoms with E-state index in [1.54, 1.807) is 18.7 Å². The lowest BCUT2D eigenvalue weighted by molar-refractivity contribution is -0.118. The number of nitrogens with zero attached hydrogens (tertiary/aromatic N) is 3. The van der Waals surface area contributed by atoms with Crippen LogP contribution in [0.3, 0.4) is 0 Å². The first-order valence-electron chi connectivity index (χ1n) is 16.3. The fraction of sp³-hybridized carbons (Fsp3) is 0.421. The summed E-state index contributed by atoms with van der Waals surface area (Å²) in [5.74, 6) is -0.902. The Balaban J connectivity index is 0.000000694. The van der Waals surface area contributed by atoms with Crippen LogP contribution >= 0.6 is 0 Å². The molecule has 2 aromatic carbocycles. The molecule has 0 saturated heterocycles. The van der Waals surface area contributed by atoms with Crippen LogP contribution in [-0.4, -0.2) is 31.6 Å². The van der Waals surface area contributed by atoms with Crippen molar-refractivity contribution < 1.29 is 13.6 Å². The SMILES string of the molecule is C/C(=C\c1ccc(-c2nccc(Nc3ccc(-c4cnc[nH]4)cc3)n2)cc1C)C(=O)C(C)C.CC.CCC(F)(F)CC.CCCC. The van der Waals surface area contributed by atoms with Crippen LogP contribution < -0.4 is 5.32 Å². The first-order valence-corrected chi connectivity index (χ1v) is 16.3. The third-order valence-electron chi connectivity index (χ3n) is 6.97. The highest BCUT2D eigenvalue weighted by atomic mass is 19.3. The maximum Gasteiger partial charge on any atom is 0.247 e. The summed E-state index contributed by atoms with van der Waals surface area (Å²) in [6.07, 6.45) is 9.73. The number of nitrogens with one attached hydrogen (secondary N) is 2. The summed E-state index contributed by atoms with van der Waals surface area (Å²) in [6, 6.07) is 16.0. The number of allylic oxidation sites excluding steroid dienone is 1. The minimum Gasteiger partial charge on any atom is -0.345 e. The molecule has 0 atom stereocenters. The van der Waals surface area contributed by atoms with Crippen LogP contribution in [0.4, 0.5) is 20.3 Å². The molecule has 0 aliphatic heterocycles. The van der Waals surface area contributed by atoms with Crippen molar-refractivity contribution in [3.8, 4) is 22.6 Å². The Bertz CT molecular complexity index is 1450. The quantitative estimate of drug-likeness (QED) is 0.170. The zero-order valence-corrected chi connectivity index (χ0v) is 29.3. The predicted octanol–water partition coefficient (Wildman–Crippen LogP) is 11.5. The van der Waals surface area contributed by atoms with Gasteiger partial charge in [-0.1, -0.05) is 92.5 Å². The molecule has 0 radical (unpaired) electrons. The van der Waals surface area contributed by atoms with Crippen molar-refractivity contribution >= 4 is 23.4 Å². The van der Waals surface area contributed by atoms with Crippen LogP contribution in [0.2, 0.25) is 0 Å². The molecule has 0 unspecified atom stereocenters. The zero-order valence-electron chi connectivity index (χ0n) is 29.3. The number of rotatable bonds is 10. The second-order valence-corrected chi connectivity index (χ2v) is 10.9. The number of unbranched alkanes of at least 4 members (excludes halogenated alkanes) is 1. The highest BCUT2D eigenvalue weighted by Crippen LogP contribution is 2.25. The molecule has 2 heterocycles. The van der Waals surface area contributed by atoms with Crippen molar-refractivity contribution in [2.75, 3.05) is 5.32 Å². The number of hydrogen-bond donors (Lipinski definition) is 2. The van der Waals surface area contributed by atoms with Crippen LogP contribution in [0.1, 0.15) is 99.1 Å². The van der Waals surface area contributed by atoms with Crippen LogP contribution in [0.15, 0.2) is 72.8 Å². The summed E-state index contributed by atoms with van der Waals surface area (Å²) in [7, 11) is 0. The predicted molar refractivity (Wildman–Crippen MR) is 190 cm³/mol. The smallest absolute Gasteiger partial charge is 0.247 e. The van der Waals surface area contributed by atoms with Crippen molar-refractivity contribution in [2.24, 2.45) is 5.92 Å². The normalized spacial score (nSPS) is 10.9. The van der Waals surface area contributed by atoms with Gasteiger partial charge >= 0.3 is 0 Å². The number of aromatic amines is 1. The third-order valence-corrected chi connectivity index (χ3v) is 6.97. The van der Waals surface area contributed by atoms with Gasteiger partial charge in [0.05, 0.1) is 18.2 Å². The second-order valence-electron chi connectivity index (χ2n) is 10.9. The topological polar surface area (TPSA) is 83.6 Å². The fourth-order valence-electron chi connectivity index (χ4n) is 3.85. The Morgan fingerprint density at radius 1 is 0.957 bits per heavy atom. The number of aromatic nitrogens is 4. The molecule has 4 aromatic rings. The Morgan fingerprint density at radius 3 is 2.04 bits per heavy atom. The maximum atomic E-state index is 12.2. The molecule has 0 saturated carbocycles. The largest absolute Gasteiger partial charge is 0.345 e. The number of aryl methyl sites for hydroxylation is 1. The second kappa shape index (κ2) is 20.8. The molecule has 0 fully saturated rings. The van der Waals surface area contributed by atoms with Gasteiger partial charge < -0.3 is 10.3 Å². The number of benzene rings is 2. The summed E-state index contributed by atoms with van der Waals surface area (Å²) >= 11 is 0. The number of hydrogen-bond acceptors (Lipinski definition) is 5. The van der Waals surface area contributed by atoms with Crippen LogP contribution in [0.25, 0.3) is 28.7 Å². The summed E-state index contributed by atoms with van der Waals surface area (Å²) in [6.45, 7) is 19.1. The highest BCUT2D eigenvalue weighted by Gasteiger charge is 2.21. The van der Waals surface area contributed by atoms with Gasteiger partial charge in [0, 0.05) is 36.2 Å². The van der Waals surface area contributed by atoms with E-state index in [1.165, 1.54) is 26.7 Å². The fourth-order valence-corrected chi connectivity index (χ4v) is 3.85. The molecule has 0 aliphatic rings. The van der Waals surface area contributed by atoms with Crippen molar-refractivity contribution in [2.45, 2.75) is 101 Å². The molecular weight excluding hydrogens is 580 g/mol. The molecule has 250 valence electrons. The van der Waals surface area contributed by atoms with Crippen LogP contribution in [0, 0.1) is 12.8 Å². The van der Waals surface area contributed by atoms with Crippen molar-refractivity contribution in [3.63, 3.8) is 0 Å². The Labute approximate surface area is 275 Å². The van der Waals surface area contributed by atoms with Gasteiger partial charge in [0.1, 0.15) is 5.82 Å². The first-order chi connectivity index (χ1) is 21.9. The molecule has 2 aromatic heterocycles. The molecule has 0 bridgehead atoms. The first kappa shape index (κ1) is 39.8. The Hall–Kier alpha value is -4.20. The lowest BCUT2D eigenvalue weighted by Crippen LogP contribution is -2.10. The number of H-pyrrole nitrogens is 1. The van der Waals surface area contributed by atoms with Gasteiger partial charge in [0.25, 0.3) is 0 Å². The molecule has 0 spiro atoms. The summed E-state index contributed by atoms with van der Waals surface area (Å²) < 4.78 is 23.8. The van der Waals surface area contributed by atoms with E-state index in [0.29, 0.717) is 11.6 Å². The van der Waals surface area contributed by atoms with Gasteiger partial charge in [0.15, 0.2) is 11.6 Å². The monoisotopic (exact) mass is 633 g/mol. The average molecular weight is 634 g/mol. The van der Waals surface area contributed by atoms with E-state index in [9.17, 15) is 13.6 Å². The number of carbonyl (C=O) groups excluding carboxylic acids is 1. The van der Waals surface area contributed by atoms with Crippen molar-refractivity contribution in [3.05, 3.63) is 84.0 Å². The number of alkyl halides is 2. The van der Waals surface area contributed by atoms with Gasteiger partial charge in [-0.05, 0) is 66.5 Å². The maximum absolute atomic E-state index is 12.2.